The van der Waals surface area contributed by atoms with Gasteiger partial charge in [0.05, 0.1) is 14.2 Å². The first-order chi connectivity index (χ1) is 9.76. The highest BCUT2D eigenvalue weighted by molar-refractivity contribution is 5.40. The summed E-state index contributed by atoms with van der Waals surface area (Å²) in [5, 5.41) is 8.84. The van der Waals surface area contributed by atoms with Crippen LogP contribution < -0.4 is 9.47 Å². The molecule has 1 N–H and O–H groups in total. The van der Waals surface area contributed by atoms with Crippen LogP contribution in [0.2, 0.25) is 0 Å². The first-order valence-electron chi connectivity index (χ1n) is 7.33. The van der Waals surface area contributed by atoms with Gasteiger partial charge in [0.1, 0.15) is 11.5 Å². The molecule has 1 unspecified atom stereocenters. The zero-order valence-electron chi connectivity index (χ0n) is 12.5. The average Bonchev–Trinajstić information content (AvgIpc) is 2.96. The van der Waals surface area contributed by atoms with Gasteiger partial charge in [-0.2, -0.15) is 0 Å². The summed E-state index contributed by atoms with van der Waals surface area (Å²) in [6.07, 6.45) is 3.15. The van der Waals surface area contributed by atoms with Crippen molar-refractivity contribution >= 4 is 0 Å². The summed E-state index contributed by atoms with van der Waals surface area (Å²) >= 11 is 0. The fourth-order valence-corrected chi connectivity index (χ4v) is 2.82. The highest BCUT2D eigenvalue weighted by atomic mass is 16.5. The largest absolute Gasteiger partial charge is 0.497 e. The van der Waals surface area contributed by atoms with E-state index >= 15 is 0 Å². The molecule has 2 rings (SSSR count). The molecule has 1 aromatic rings. The zero-order chi connectivity index (χ0) is 14.4. The molecule has 20 heavy (non-hydrogen) atoms. The molecule has 0 aromatic heterocycles. The van der Waals surface area contributed by atoms with Crippen LogP contribution in [0.15, 0.2) is 18.2 Å². The van der Waals surface area contributed by atoms with Crippen molar-refractivity contribution < 1.29 is 14.6 Å². The number of unbranched alkanes of at least 4 members (excludes halogenated alkanes) is 1. The van der Waals surface area contributed by atoms with Crippen molar-refractivity contribution in [3.63, 3.8) is 0 Å². The molecule has 0 aliphatic carbocycles. The lowest BCUT2D eigenvalue weighted by atomic mass is 9.98. The molecule has 1 aromatic carbocycles. The molecule has 0 amide bonds. The monoisotopic (exact) mass is 279 g/mol. The van der Waals surface area contributed by atoms with Crippen molar-refractivity contribution in [3.05, 3.63) is 23.8 Å². The highest BCUT2D eigenvalue weighted by Crippen LogP contribution is 2.32. The van der Waals surface area contributed by atoms with Crippen molar-refractivity contribution in [2.45, 2.75) is 25.2 Å². The normalized spacial score (nSPS) is 19.2. The predicted octanol–water partition coefficient (Wildman–Crippen LogP) is 2.27. The lowest BCUT2D eigenvalue weighted by molar-refractivity contribution is 0.263. The molecule has 112 valence electrons. The minimum atomic E-state index is 0.296. The standard InChI is InChI=1S/C16H25NO3/c1-19-15-9-14(10-16(11-15)20-2)13-5-7-17(12-13)6-3-4-8-18/h9-11,13,18H,3-8,12H2,1-2H3. The van der Waals surface area contributed by atoms with Gasteiger partial charge in [-0.15, -0.1) is 0 Å². The molecule has 1 heterocycles. The van der Waals surface area contributed by atoms with Gasteiger partial charge in [-0.25, -0.2) is 0 Å². The topological polar surface area (TPSA) is 41.9 Å². The molecular weight excluding hydrogens is 254 g/mol. The van der Waals surface area contributed by atoms with Crippen molar-refractivity contribution in [2.24, 2.45) is 0 Å². The molecule has 0 radical (unpaired) electrons. The van der Waals surface area contributed by atoms with Crippen molar-refractivity contribution in [3.8, 4) is 11.5 Å². The van der Waals surface area contributed by atoms with Crippen LogP contribution in [0.1, 0.15) is 30.7 Å². The Morgan fingerprint density at radius 3 is 2.45 bits per heavy atom. The smallest absolute Gasteiger partial charge is 0.122 e. The Labute approximate surface area is 121 Å². The number of likely N-dealkylation sites (tertiary alicyclic amines) is 1. The number of aliphatic hydroxyl groups is 1. The van der Waals surface area contributed by atoms with Crippen molar-refractivity contribution in [1.82, 2.24) is 4.90 Å². The van der Waals surface area contributed by atoms with E-state index in [0.29, 0.717) is 12.5 Å². The number of methoxy groups -OCH3 is 2. The Balaban J connectivity index is 1.98. The van der Waals surface area contributed by atoms with E-state index in [0.717, 1.165) is 44.0 Å². The number of rotatable bonds is 7. The summed E-state index contributed by atoms with van der Waals surface area (Å²) in [6, 6.07) is 6.15. The Hall–Kier alpha value is -1.26. The summed E-state index contributed by atoms with van der Waals surface area (Å²) in [5.74, 6) is 2.27. The molecule has 4 nitrogen and oxygen atoms in total. The summed E-state index contributed by atoms with van der Waals surface area (Å²) in [5.41, 5.74) is 1.30. The SMILES string of the molecule is COc1cc(OC)cc(C2CCN(CCCCO)C2)c1. The summed E-state index contributed by atoms with van der Waals surface area (Å²) < 4.78 is 10.7. The van der Waals surface area contributed by atoms with Gasteiger partial charge in [0, 0.05) is 19.2 Å². The minimum Gasteiger partial charge on any atom is -0.497 e. The third-order valence-electron chi connectivity index (χ3n) is 4.00. The van der Waals surface area contributed by atoms with Crippen LogP contribution in [-0.2, 0) is 0 Å². The zero-order valence-corrected chi connectivity index (χ0v) is 12.5. The molecule has 1 fully saturated rings. The predicted molar refractivity (Wildman–Crippen MR) is 79.7 cm³/mol. The number of aliphatic hydroxyl groups excluding tert-OH is 1. The van der Waals surface area contributed by atoms with Crippen LogP contribution in [0.4, 0.5) is 0 Å². The van der Waals surface area contributed by atoms with Crippen LogP contribution >= 0.6 is 0 Å². The maximum absolute atomic E-state index is 8.84. The van der Waals surface area contributed by atoms with E-state index in [4.69, 9.17) is 14.6 Å². The summed E-state index contributed by atoms with van der Waals surface area (Å²) in [6.45, 7) is 3.60. The molecule has 1 aliphatic rings. The molecule has 0 spiro atoms. The summed E-state index contributed by atoms with van der Waals surface area (Å²) in [7, 11) is 3.38. The maximum atomic E-state index is 8.84. The lowest BCUT2D eigenvalue weighted by Crippen LogP contribution is -2.21. The Morgan fingerprint density at radius 2 is 1.85 bits per heavy atom. The maximum Gasteiger partial charge on any atom is 0.122 e. The second-order valence-corrected chi connectivity index (χ2v) is 5.36. The second kappa shape index (κ2) is 7.50. The molecule has 0 saturated carbocycles. The highest BCUT2D eigenvalue weighted by Gasteiger charge is 2.24. The molecular formula is C16H25NO3. The first-order valence-corrected chi connectivity index (χ1v) is 7.33. The number of hydrogen-bond donors (Lipinski definition) is 1. The Bertz CT molecular complexity index is 400. The van der Waals surface area contributed by atoms with E-state index in [1.807, 2.05) is 6.07 Å². The van der Waals surface area contributed by atoms with E-state index in [9.17, 15) is 0 Å². The van der Waals surface area contributed by atoms with Gasteiger partial charge >= 0.3 is 0 Å². The number of nitrogens with zero attached hydrogens (tertiary/aromatic N) is 1. The fraction of sp³-hybridized carbons (Fsp3) is 0.625. The van der Waals surface area contributed by atoms with Crippen LogP contribution in [0.3, 0.4) is 0 Å². The second-order valence-electron chi connectivity index (χ2n) is 5.36. The van der Waals surface area contributed by atoms with Gasteiger partial charge in [-0.1, -0.05) is 0 Å². The molecule has 1 atom stereocenters. The molecule has 0 bridgehead atoms. The van der Waals surface area contributed by atoms with Gasteiger partial charge < -0.3 is 19.5 Å². The third-order valence-corrected chi connectivity index (χ3v) is 4.00. The third kappa shape index (κ3) is 3.87. The van der Waals surface area contributed by atoms with Gasteiger partial charge in [-0.05, 0) is 56.0 Å². The van der Waals surface area contributed by atoms with Crippen LogP contribution in [0.25, 0.3) is 0 Å². The molecule has 1 saturated heterocycles. The number of benzene rings is 1. The molecule has 4 heteroatoms. The van der Waals surface area contributed by atoms with E-state index in [-0.39, 0.29) is 0 Å². The van der Waals surface area contributed by atoms with Crippen LogP contribution in [0, 0.1) is 0 Å². The van der Waals surface area contributed by atoms with Crippen molar-refractivity contribution in [1.29, 1.82) is 0 Å². The van der Waals surface area contributed by atoms with Gasteiger partial charge in [0.2, 0.25) is 0 Å². The van der Waals surface area contributed by atoms with Gasteiger partial charge in [-0.3, -0.25) is 0 Å². The minimum absolute atomic E-state index is 0.296. The fourth-order valence-electron chi connectivity index (χ4n) is 2.82. The lowest BCUT2D eigenvalue weighted by Gasteiger charge is -2.16. The van der Waals surface area contributed by atoms with E-state index < -0.39 is 0 Å². The first kappa shape index (κ1) is 15.1. The van der Waals surface area contributed by atoms with Crippen molar-refractivity contribution in [2.75, 3.05) is 40.5 Å². The Kier molecular flexibility index (Phi) is 5.68. The quantitative estimate of drug-likeness (QED) is 0.777. The molecule has 1 aliphatic heterocycles. The summed E-state index contributed by atoms with van der Waals surface area (Å²) in [4.78, 5) is 2.48. The Morgan fingerprint density at radius 1 is 1.15 bits per heavy atom. The number of ether oxygens (including phenoxy) is 2. The van der Waals surface area contributed by atoms with E-state index in [1.54, 1.807) is 14.2 Å². The van der Waals surface area contributed by atoms with Crippen LogP contribution in [0.5, 0.6) is 11.5 Å². The average molecular weight is 279 g/mol. The van der Waals surface area contributed by atoms with E-state index in [1.165, 1.54) is 12.0 Å². The van der Waals surface area contributed by atoms with Gasteiger partial charge in [0.15, 0.2) is 0 Å². The number of hydrogen-bond acceptors (Lipinski definition) is 4. The van der Waals surface area contributed by atoms with Crippen LogP contribution in [-0.4, -0.2) is 50.5 Å². The van der Waals surface area contributed by atoms with Gasteiger partial charge in [0.25, 0.3) is 0 Å². The van der Waals surface area contributed by atoms with E-state index in [2.05, 4.69) is 17.0 Å².